The predicted octanol–water partition coefficient (Wildman–Crippen LogP) is 2.06. The lowest BCUT2D eigenvalue weighted by Gasteiger charge is -2.09. The van der Waals surface area contributed by atoms with Gasteiger partial charge in [0, 0.05) is 11.4 Å². The molecule has 0 saturated heterocycles. The molecule has 0 aliphatic heterocycles. The van der Waals surface area contributed by atoms with Crippen molar-refractivity contribution in [3.8, 4) is 5.75 Å². The summed E-state index contributed by atoms with van der Waals surface area (Å²) in [4.78, 5) is 10.4. The van der Waals surface area contributed by atoms with Crippen molar-refractivity contribution in [3.05, 3.63) is 48.5 Å². The molecule has 7 heteroatoms. The smallest absolute Gasteiger partial charge is 0.261 e. The van der Waals surface area contributed by atoms with Gasteiger partial charge in [0.25, 0.3) is 10.0 Å². The van der Waals surface area contributed by atoms with E-state index in [0.717, 1.165) is 0 Å². The number of amides is 1. The fraction of sp³-hybridized carbons (Fsp3) is 0.0714. The lowest BCUT2D eigenvalue weighted by atomic mass is 10.3. The number of nitrogens with one attached hydrogen (secondary N) is 2. The number of ether oxygens (including phenoxy) is 1. The third-order valence-electron chi connectivity index (χ3n) is 2.73. The molecule has 0 aromatic heterocycles. The second-order valence-electron chi connectivity index (χ2n) is 4.12. The molecule has 2 rings (SSSR count). The summed E-state index contributed by atoms with van der Waals surface area (Å²) in [6.45, 7) is 0. The van der Waals surface area contributed by atoms with Gasteiger partial charge in [-0.15, -0.1) is 0 Å². The molecule has 0 radical (unpaired) electrons. The van der Waals surface area contributed by atoms with Crippen molar-refractivity contribution >= 4 is 27.8 Å². The highest BCUT2D eigenvalue weighted by Crippen LogP contribution is 2.20. The second kappa shape index (κ2) is 6.27. The number of sulfonamides is 1. The Balaban J connectivity index is 2.18. The number of methoxy groups -OCH3 is 1. The van der Waals surface area contributed by atoms with E-state index in [9.17, 15) is 13.2 Å². The van der Waals surface area contributed by atoms with Crippen molar-refractivity contribution in [1.82, 2.24) is 0 Å². The highest BCUT2D eigenvalue weighted by molar-refractivity contribution is 7.92. The molecule has 0 aliphatic rings. The van der Waals surface area contributed by atoms with Crippen LogP contribution in [0.1, 0.15) is 0 Å². The molecule has 0 bridgehead atoms. The van der Waals surface area contributed by atoms with E-state index in [0.29, 0.717) is 23.5 Å². The first-order valence-electron chi connectivity index (χ1n) is 6.02. The third kappa shape index (κ3) is 3.73. The molecule has 1 amide bonds. The fourth-order valence-electron chi connectivity index (χ4n) is 1.67. The molecule has 2 N–H and O–H groups in total. The van der Waals surface area contributed by atoms with E-state index >= 15 is 0 Å². The van der Waals surface area contributed by atoms with Gasteiger partial charge in [0.1, 0.15) is 5.75 Å². The third-order valence-corrected chi connectivity index (χ3v) is 4.13. The quantitative estimate of drug-likeness (QED) is 0.800. The molecular formula is C14H14N2O4S. The van der Waals surface area contributed by atoms with E-state index in [1.807, 2.05) is 0 Å². The standard InChI is InChI=1S/C14H14N2O4S/c1-20-13-6-2-12(3-7-13)16-21(18,19)14-8-4-11(5-9-14)15-10-17/h2-10,16H,1H3,(H,15,17). The maximum atomic E-state index is 12.2. The van der Waals surface area contributed by atoms with E-state index < -0.39 is 10.0 Å². The van der Waals surface area contributed by atoms with Gasteiger partial charge < -0.3 is 10.1 Å². The van der Waals surface area contributed by atoms with Gasteiger partial charge in [-0.3, -0.25) is 9.52 Å². The number of rotatable bonds is 6. The average molecular weight is 306 g/mol. The summed E-state index contributed by atoms with van der Waals surface area (Å²) in [5.74, 6) is 0.641. The first kappa shape index (κ1) is 14.9. The van der Waals surface area contributed by atoms with Crippen molar-refractivity contribution in [2.75, 3.05) is 17.1 Å². The molecule has 0 saturated carbocycles. The number of benzene rings is 2. The molecule has 0 atom stereocenters. The van der Waals surface area contributed by atoms with E-state index in [1.165, 1.54) is 31.4 Å². The number of hydrogen-bond donors (Lipinski definition) is 2. The molecule has 2 aromatic carbocycles. The summed E-state index contributed by atoms with van der Waals surface area (Å²) in [6.07, 6.45) is 0.527. The number of hydrogen-bond acceptors (Lipinski definition) is 4. The maximum absolute atomic E-state index is 12.2. The van der Waals surface area contributed by atoms with Crippen LogP contribution >= 0.6 is 0 Å². The Hall–Kier alpha value is -2.54. The van der Waals surface area contributed by atoms with Crippen molar-refractivity contribution in [2.24, 2.45) is 0 Å². The SMILES string of the molecule is COc1ccc(NS(=O)(=O)c2ccc(NC=O)cc2)cc1. The minimum atomic E-state index is -3.67. The molecule has 21 heavy (non-hydrogen) atoms. The van der Waals surface area contributed by atoms with E-state index in [1.54, 1.807) is 24.3 Å². The second-order valence-corrected chi connectivity index (χ2v) is 5.80. The first-order chi connectivity index (χ1) is 10.0. The molecule has 0 spiro atoms. The highest BCUT2D eigenvalue weighted by Gasteiger charge is 2.13. The van der Waals surface area contributed by atoms with Crippen LogP contribution in [0.2, 0.25) is 0 Å². The van der Waals surface area contributed by atoms with Gasteiger partial charge in [-0.05, 0) is 48.5 Å². The molecule has 6 nitrogen and oxygen atoms in total. The number of carbonyl (C=O) groups is 1. The first-order valence-corrected chi connectivity index (χ1v) is 7.50. The van der Waals surface area contributed by atoms with Crippen molar-refractivity contribution in [1.29, 1.82) is 0 Å². The highest BCUT2D eigenvalue weighted by atomic mass is 32.2. The van der Waals surface area contributed by atoms with Gasteiger partial charge in [0.05, 0.1) is 12.0 Å². The van der Waals surface area contributed by atoms with Crippen LogP contribution < -0.4 is 14.8 Å². The number of carbonyl (C=O) groups excluding carboxylic acids is 1. The molecule has 0 unspecified atom stereocenters. The van der Waals surface area contributed by atoms with E-state index in [-0.39, 0.29) is 4.90 Å². The molecule has 2 aromatic rings. The van der Waals surface area contributed by atoms with Crippen molar-refractivity contribution in [2.45, 2.75) is 4.90 Å². The zero-order valence-electron chi connectivity index (χ0n) is 11.2. The van der Waals surface area contributed by atoms with Crippen LogP contribution in [0.15, 0.2) is 53.4 Å². The Bertz CT molecular complexity index is 710. The maximum Gasteiger partial charge on any atom is 0.261 e. The van der Waals surface area contributed by atoms with Crippen LogP contribution in [0.4, 0.5) is 11.4 Å². The predicted molar refractivity (Wildman–Crippen MR) is 79.9 cm³/mol. The van der Waals surface area contributed by atoms with Crippen LogP contribution in [-0.4, -0.2) is 21.9 Å². The summed E-state index contributed by atoms with van der Waals surface area (Å²) in [7, 11) is -2.14. The van der Waals surface area contributed by atoms with Gasteiger partial charge in [-0.2, -0.15) is 0 Å². The van der Waals surface area contributed by atoms with Gasteiger partial charge in [-0.25, -0.2) is 8.42 Å². The van der Waals surface area contributed by atoms with Gasteiger partial charge in [-0.1, -0.05) is 0 Å². The Morgan fingerprint density at radius 2 is 1.52 bits per heavy atom. The molecular weight excluding hydrogens is 292 g/mol. The van der Waals surface area contributed by atoms with E-state index in [4.69, 9.17) is 4.74 Å². The van der Waals surface area contributed by atoms with Gasteiger partial charge in [0.15, 0.2) is 0 Å². The van der Waals surface area contributed by atoms with Crippen LogP contribution in [-0.2, 0) is 14.8 Å². The average Bonchev–Trinajstić information content (AvgIpc) is 2.48. The summed E-state index contributed by atoms with van der Waals surface area (Å²) in [6, 6.07) is 12.4. The summed E-state index contributed by atoms with van der Waals surface area (Å²) >= 11 is 0. The zero-order valence-corrected chi connectivity index (χ0v) is 12.1. The summed E-state index contributed by atoms with van der Waals surface area (Å²) in [5, 5.41) is 2.44. The molecule has 0 fully saturated rings. The summed E-state index contributed by atoms with van der Waals surface area (Å²) < 4.78 is 31.9. The summed E-state index contributed by atoms with van der Waals surface area (Å²) in [5.41, 5.74) is 0.958. The fourth-order valence-corrected chi connectivity index (χ4v) is 2.73. The largest absolute Gasteiger partial charge is 0.497 e. The Kier molecular flexibility index (Phi) is 4.44. The monoisotopic (exact) mass is 306 g/mol. The minimum absolute atomic E-state index is 0.106. The lowest BCUT2D eigenvalue weighted by Crippen LogP contribution is -2.12. The Morgan fingerprint density at radius 1 is 0.952 bits per heavy atom. The lowest BCUT2D eigenvalue weighted by molar-refractivity contribution is -0.105. The number of anilines is 2. The van der Waals surface area contributed by atoms with Gasteiger partial charge in [0.2, 0.25) is 6.41 Å². The van der Waals surface area contributed by atoms with E-state index in [2.05, 4.69) is 10.0 Å². The van der Waals surface area contributed by atoms with Crippen LogP contribution in [0.25, 0.3) is 0 Å². The molecule has 0 heterocycles. The molecule has 0 aliphatic carbocycles. The minimum Gasteiger partial charge on any atom is -0.497 e. The van der Waals surface area contributed by atoms with Crippen molar-refractivity contribution < 1.29 is 17.9 Å². The Morgan fingerprint density at radius 3 is 2.05 bits per heavy atom. The van der Waals surface area contributed by atoms with Crippen LogP contribution in [0.3, 0.4) is 0 Å². The van der Waals surface area contributed by atoms with Crippen molar-refractivity contribution in [3.63, 3.8) is 0 Å². The Labute approximate surface area is 122 Å². The van der Waals surface area contributed by atoms with Crippen LogP contribution in [0, 0.1) is 0 Å². The molecule has 110 valence electrons. The zero-order chi connectivity index (χ0) is 15.3. The topological polar surface area (TPSA) is 84.5 Å². The van der Waals surface area contributed by atoms with Gasteiger partial charge >= 0.3 is 0 Å². The normalized spacial score (nSPS) is 10.7. The van der Waals surface area contributed by atoms with Crippen LogP contribution in [0.5, 0.6) is 5.75 Å².